The molecule has 6 heteroatoms. The van der Waals surface area contributed by atoms with Gasteiger partial charge in [-0.05, 0) is 62.3 Å². The van der Waals surface area contributed by atoms with Crippen molar-refractivity contribution >= 4 is 23.1 Å². The molecule has 0 fully saturated rings. The Balaban J connectivity index is 0.000000152. The third-order valence-corrected chi connectivity index (χ3v) is 4.33. The standard InChI is InChI=1S/C9H10ClN.C7H11N3.CH4O/c10-8-3-4-9-7(6-8)2-1-5-11-9;8-7-5-3-1-2-4-6(5)9-10-7;1-2/h3-4,6,11H,1-2,5H2;1-4H2,(H3,8,9,10);2H,1H3. The molecule has 0 atom stereocenters. The van der Waals surface area contributed by atoms with E-state index in [0.29, 0.717) is 5.82 Å². The van der Waals surface area contributed by atoms with E-state index in [1.54, 1.807) is 0 Å². The summed E-state index contributed by atoms with van der Waals surface area (Å²) >= 11 is 5.85. The van der Waals surface area contributed by atoms with E-state index in [1.807, 2.05) is 12.1 Å². The molecule has 0 saturated carbocycles. The predicted octanol–water partition coefficient (Wildman–Crippen LogP) is 3.18. The Morgan fingerprint density at radius 2 is 1.91 bits per heavy atom. The topological polar surface area (TPSA) is 87.0 Å². The Bertz CT molecular complexity index is 627. The molecule has 126 valence electrons. The number of aliphatic hydroxyl groups is 1. The van der Waals surface area contributed by atoms with Crippen LogP contribution in [0.3, 0.4) is 0 Å². The van der Waals surface area contributed by atoms with Gasteiger partial charge >= 0.3 is 0 Å². The molecule has 0 saturated heterocycles. The molecule has 2 aromatic rings. The lowest BCUT2D eigenvalue weighted by molar-refractivity contribution is 0.399. The van der Waals surface area contributed by atoms with E-state index in [2.05, 4.69) is 21.6 Å². The van der Waals surface area contributed by atoms with Crippen LogP contribution in [-0.2, 0) is 19.3 Å². The highest BCUT2D eigenvalue weighted by Gasteiger charge is 2.13. The first-order chi connectivity index (χ1) is 11.2. The van der Waals surface area contributed by atoms with E-state index < -0.39 is 0 Å². The summed E-state index contributed by atoms with van der Waals surface area (Å²) in [4.78, 5) is 0. The fraction of sp³-hybridized carbons (Fsp3) is 0.471. The fourth-order valence-electron chi connectivity index (χ4n) is 2.95. The minimum atomic E-state index is 0.703. The zero-order valence-electron chi connectivity index (χ0n) is 13.5. The van der Waals surface area contributed by atoms with Gasteiger partial charge in [-0.3, -0.25) is 5.10 Å². The first-order valence-electron chi connectivity index (χ1n) is 8.02. The summed E-state index contributed by atoms with van der Waals surface area (Å²) in [7, 11) is 1.00. The molecule has 0 spiro atoms. The van der Waals surface area contributed by atoms with Crippen LogP contribution in [-0.4, -0.2) is 29.0 Å². The van der Waals surface area contributed by atoms with Gasteiger partial charge < -0.3 is 16.2 Å². The lowest BCUT2D eigenvalue weighted by Crippen LogP contribution is -2.11. The highest BCUT2D eigenvalue weighted by Crippen LogP contribution is 2.24. The number of nitrogen functional groups attached to an aromatic ring is 1. The summed E-state index contributed by atoms with van der Waals surface area (Å²) in [6.07, 6.45) is 7.14. The number of halogens is 1. The Labute approximate surface area is 142 Å². The van der Waals surface area contributed by atoms with E-state index in [-0.39, 0.29) is 0 Å². The molecule has 4 rings (SSSR count). The van der Waals surface area contributed by atoms with Gasteiger partial charge in [0.2, 0.25) is 0 Å². The fourth-order valence-corrected chi connectivity index (χ4v) is 3.14. The molecule has 0 bridgehead atoms. The Hall–Kier alpha value is -1.72. The molecule has 0 radical (unpaired) electrons. The van der Waals surface area contributed by atoms with Gasteiger partial charge in [0.15, 0.2) is 0 Å². The number of aromatic nitrogens is 2. The lowest BCUT2D eigenvalue weighted by atomic mass is 9.98. The highest BCUT2D eigenvalue weighted by molar-refractivity contribution is 6.30. The maximum atomic E-state index is 7.00. The summed E-state index contributed by atoms with van der Waals surface area (Å²) < 4.78 is 0. The minimum absolute atomic E-state index is 0.703. The average Bonchev–Trinajstić information content (AvgIpc) is 2.99. The van der Waals surface area contributed by atoms with Crippen molar-refractivity contribution in [2.75, 3.05) is 24.7 Å². The van der Waals surface area contributed by atoms with Crippen molar-refractivity contribution in [3.8, 4) is 0 Å². The van der Waals surface area contributed by atoms with Gasteiger partial charge in [-0.1, -0.05) is 11.6 Å². The molecular weight excluding hydrogens is 312 g/mol. The van der Waals surface area contributed by atoms with Crippen molar-refractivity contribution in [1.29, 1.82) is 0 Å². The number of fused-ring (bicyclic) bond motifs is 2. The number of nitrogens with two attached hydrogens (primary N) is 1. The van der Waals surface area contributed by atoms with Gasteiger partial charge in [-0.25, -0.2) is 0 Å². The average molecular weight is 337 g/mol. The van der Waals surface area contributed by atoms with E-state index in [9.17, 15) is 0 Å². The summed E-state index contributed by atoms with van der Waals surface area (Å²) in [6.45, 7) is 1.09. The quantitative estimate of drug-likeness (QED) is 0.595. The minimum Gasteiger partial charge on any atom is -0.400 e. The second kappa shape index (κ2) is 8.79. The van der Waals surface area contributed by atoms with Gasteiger partial charge in [0.05, 0.1) is 0 Å². The van der Waals surface area contributed by atoms with Crippen LogP contribution in [0.1, 0.15) is 36.1 Å². The van der Waals surface area contributed by atoms with Crippen LogP contribution in [0.4, 0.5) is 11.5 Å². The second-order valence-corrected chi connectivity index (χ2v) is 6.04. The van der Waals surface area contributed by atoms with Crippen molar-refractivity contribution in [3.63, 3.8) is 0 Å². The smallest absolute Gasteiger partial charge is 0.148 e. The molecule has 0 amide bonds. The monoisotopic (exact) mass is 336 g/mol. The summed E-state index contributed by atoms with van der Waals surface area (Å²) in [6, 6.07) is 6.03. The molecule has 5 nitrogen and oxygen atoms in total. The largest absolute Gasteiger partial charge is 0.400 e. The SMILES string of the molecule is CO.Clc1ccc2c(c1)CCCN2.Nc1n[nH]c2c1CCCC2. The molecule has 1 aliphatic heterocycles. The van der Waals surface area contributed by atoms with Crippen LogP contribution >= 0.6 is 11.6 Å². The van der Waals surface area contributed by atoms with Gasteiger partial charge in [0, 0.05) is 35.6 Å². The summed E-state index contributed by atoms with van der Waals surface area (Å²) in [5.41, 5.74) is 10.7. The van der Waals surface area contributed by atoms with E-state index >= 15 is 0 Å². The third kappa shape index (κ3) is 4.62. The van der Waals surface area contributed by atoms with Crippen molar-refractivity contribution < 1.29 is 5.11 Å². The predicted molar refractivity (Wildman–Crippen MR) is 96.0 cm³/mol. The van der Waals surface area contributed by atoms with E-state index in [0.717, 1.165) is 37.9 Å². The van der Waals surface area contributed by atoms with Crippen molar-refractivity contribution in [3.05, 3.63) is 40.0 Å². The van der Waals surface area contributed by atoms with Crippen LogP contribution in [0.15, 0.2) is 18.2 Å². The Kier molecular flexibility index (Phi) is 6.74. The van der Waals surface area contributed by atoms with Crippen molar-refractivity contribution in [1.82, 2.24) is 10.2 Å². The number of benzene rings is 1. The Morgan fingerprint density at radius 1 is 1.13 bits per heavy atom. The number of aliphatic hydroxyl groups excluding tert-OH is 1. The molecule has 5 N–H and O–H groups in total. The first-order valence-corrected chi connectivity index (χ1v) is 8.40. The zero-order chi connectivity index (χ0) is 16.7. The van der Waals surface area contributed by atoms with Gasteiger partial charge in [-0.2, -0.15) is 5.10 Å². The lowest BCUT2D eigenvalue weighted by Gasteiger charge is -2.17. The maximum Gasteiger partial charge on any atom is 0.148 e. The van der Waals surface area contributed by atoms with Crippen LogP contribution in [0.5, 0.6) is 0 Å². The van der Waals surface area contributed by atoms with Crippen molar-refractivity contribution in [2.45, 2.75) is 38.5 Å². The normalized spacial score (nSPS) is 14.9. The summed E-state index contributed by atoms with van der Waals surface area (Å²) in [5, 5.41) is 18.1. The number of rotatable bonds is 0. The molecule has 0 unspecified atom stereocenters. The number of hydrogen-bond acceptors (Lipinski definition) is 4. The van der Waals surface area contributed by atoms with Crippen LogP contribution in [0.25, 0.3) is 0 Å². The molecule has 1 aliphatic carbocycles. The maximum absolute atomic E-state index is 7.00. The molecule has 2 aliphatic rings. The second-order valence-electron chi connectivity index (χ2n) is 5.60. The number of anilines is 2. The first kappa shape index (κ1) is 17.6. The van der Waals surface area contributed by atoms with Gasteiger partial charge in [0.25, 0.3) is 0 Å². The molecule has 1 aromatic heterocycles. The molecular formula is C17H25ClN4O. The van der Waals surface area contributed by atoms with Crippen LogP contribution < -0.4 is 11.1 Å². The van der Waals surface area contributed by atoms with Crippen molar-refractivity contribution in [2.24, 2.45) is 0 Å². The third-order valence-electron chi connectivity index (χ3n) is 4.09. The number of aromatic amines is 1. The van der Waals surface area contributed by atoms with Crippen LogP contribution in [0, 0.1) is 0 Å². The van der Waals surface area contributed by atoms with Gasteiger partial charge in [-0.15, -0.1) is 0 Å². The highest BCUT2D eigenvalue weighted by atomic mass is 35.5. The Morgan fingerprint density at radius 3 is 2.70 bits per heavy atom. The number of nitrogens with one attached hydrogen (secondary N) is 2. The number of hydrogen-bond donors (Lipinski definition) is 4. The van der Waals surface area contributed by atoms with E-state index in [4.69, 9.17) is 22.4 Å². The summed E-state index contributed by atoms with van der Waals surface area (Å²) in [5.74, 6) is 0.703. The molecule has 1 aromatic carbocycles. The number of nitrogens with zero attached hydrogens (tertiary/aromatic N) is 1. The number of aryl methyl sites for hydroxylation is 2. The molecule has 2 heterocycles. The van der Waals surface area contributed by atoms with Crippen LogP contribution in [0.2, 0.25) is 5.02 Å². The molecule has 23 heavy (non-hydrogen) atoms. The zero-order valence-corrected chi connectivity index (χ0v) is 14.3. The van der Waals surface area contributed by atoms with Gasteiger partial charge in [0.1, 0.15) is 5.82 Å². The number of H-pyrrole nitrogens is 1. The van der Waals surface area contributed by atoms with E-state index in [1.165, 1.54) is 41.8 Å².